The molecule has 0 saturated heterocycles. The second-order valence-electron chi connectivity index (χ2n) is 6.93. The molecule has 3 rings (SSSR count). The Bertz CT molecular complexity index is 1110. The van der Waals surface area contributed by atoms with Crippen molar-refractivity contribution in [2.45, 2.75) is 13.8 Å². The topological polar surface area (TPSA) is 66.8 Å². The van der Waals surface area contributed by atoms with E-state index in [9.17, 15) is 9.59 Å². The van der Waals surface area contributed by atoms with Gasteiger partial charge in [-0.1, -0.05) is 18.2 Å². The van der Waals surface area contributed by atoms with Crippen LogP contribution in [0.25, 0.3) is 11.8 Å². The van der Waals surface area contributed by atoms with Crippen LogP contribution in [0.2, 0.25) is 0 Å². The lowest BCUT2D eigenvalue weighted by Gasteiger charge is -2.09. The molecule has 0 fully saturated rings. The van der Waals surface area contributed by atoms with Crippen LogP contribution in [-0.4, -0.2) is 37.1 Å². The minimum Gasteiger partial charge on any atom is -0.497 e. The molecule has 6 nitrogen and oxygen atoms in total. The maximum atomic E-state index is 12.7. The second-order valence-corrected chi connectivity index (χ2v) is 6.93. The Labute approximate surface area is 181 Å². The number of benzene rings is 2. The van der Waals surface area contributed by atoms with E-state index in [2.05, 4.69) is 0 Å². The third-order valence-corrected chi connectivity index (χ3v) is 4.93. The van der Waals surface area contributed by atoms with Crippen molar-refractivity contribution in [3.8, 4) is 17.2 Å². The normalized spacial score (nSPS) is 10.8. The first-order valence-electron chi connectivity index (χ1n) is 9.79. The molecule has 0 spiro atoms. The van der Waals surface area contributed by atoms with Crippen LogP contribution in [0, 0.1) is 13.8 Å². The first-order valence-corrected chi connectivity index (χ1v) is 9.79. The van der Waals surface area contributed by atoms with Crippen molar-refractivity contribution in [3.63, 3.8) is 0 Å². The van der Waals surface area contributed by atoms with Gasteiger partial charge in [0.2, 0.25) is 5.78 Å². The summed E-state index contributed by atoms with van der Waals surface area (Å²) in [5.74, 6) is 0.359. The number of aryl methyl sites for hydroxylation is 1. The number of methoxy groups -OCH3 is 2. The van der Waals surface area contributed by atoms with Gasteiger partial charge in [0.05, 0.1) is 14.2 Å². The number of esters is 1. The lowest BCUT2D eigenvalue weighted by atomic mass is 10.1. The zero-order valence-electron chi connectivity index (χ0n) is 18.0. The van der Waals surface area contributed by atoms with E-state index in [1.807, 2.05) is 54.8 Å². The van der Waals surface area contributed by atoms with Crippen LogP contribution in [-0.2, 0) is 9.53 Å². The predicted octanol–water partition coefficient (Wildman–Crippen LogP) is 4.55. The van der Waals surface area contributed by atoms with Crippen LogP contribution in [0.15, 0.2) is 60.7 Å². The summed E-state index contributed by atoms with van der Waals surface area (Å²) in [6.45, 7) is 3.48. The van der Waals surface area contributed by atoms with Gasteiger partial charge >= 0.3 is 5.97 Å². The number of nitrogens with zero attached hydrogens (tertiary/aromatic N) is 1. The Hall–Kier alpha value is -3.80. The van der Waals surface area contributed by atoms with Crippen molar-refractivity contribution in [2.24, 2.45) is 0 Å². The monoisotopic (exact) mass is 419 g/mol. The molecule has 160 valence electrons. The molecular weight excluding hydrogens is 394 g/mol. The molecule has 0 aliphatic rings. The molecule has 0 amide bonds. The molecule has 2 aromatic carbocycles. The predicted molar refractivity (Wildman–Crippen MR) is 119 cm³/mol. The van der Waals surface area contributed by atoms with Crippen LogP contribution >= 0.6 is 0 Å². The zero-order valence-corrected chi connectivity index (χ0v) is 18.0. The lowest BCUT2D eigenvalue weighted by Crippen LogP contribution is -2.13. The molecule has 0 N–H and O–H groups in total. The molecule has 0 bridgehead atoms. The fourth-order valence-electron chi connectivity index (χ4n) is 3.41. The van der Waals surface area contributed by atoms with E-state index in [1.165, 1.54) is 6.08 Å². The van der Waals surface area contributed by atoms with Gasteiger partial charge in [-0.2, -0.15) is 0 Å². The van der Waals surface area contributed by atoms with E-state index in [0.717, 1.165) is 17.1 Å². The minimum absolute atomic E-state index is 0.254. The van der Waals surface area contributed by atoms with Gasteiger partial charge in [0.15, 0.2) is 6.61 Å². The largest absolute Gasteiger partial charge is 0.497 e. The van der Waals surface area contributed by atoms with Crippen LogP contribution in [0.4, 0.5) is 0 Å². The highest BCUT2D eigenvalue weighted by Crippen LogP contribution is 2.25. The number of hydrogen-bond donors (Lipinski definition) is 0. The molecule has 0 unspecified atom stereocenters. The number of rotatable bonds is 8. The molecule has 0 saturated carbocycles. The van der Waals surface area contributed by atoms with Gasteiger partial charge in [-0.05, 0) is 56.3 Å². The number of carbonyl (C=O) groups excluding carboxylic acids is 2. The molecule has 3 aromatic rings. The third kappa shape index (κ3) is 5.04. The maximum absolute atomic E-state index is 12.7. The molecule has 0 aliphatic heterocycles. The van der Waals surface area contributed by atoms with E-state index in [-0.39, 0.29) is 12.4 Å². The van der Waals surface area contributed by atoms with E-state index in [0.29, 0.717) is 22.6 Å². The van der Waals surface area contributed by atoms with Crippen LogP contribution in [0.3, 0.4) is 0 Å². The first kappa shape index (κ1) is 21.9. The van der Waals surface area contributed by atoms with Crippen molar-refractivity contribution in [3.05, 3.63) is 83.2 Å². The van der Waals surface area contributed by atoms with Crippen molar-refractivity contribution in [1.29, 1.82) is 0 Å². The SMILES string of the molecule is COc1ccc(OC)c(/C=C/C(=O)OCC(=O)c2cc(C)n(-c3ccccc3)c2C)c1. The van der Waals surface area contributed by atoms with Crippen LogP contribution in [0.5, 0.6) is 11.5 Å². The lowest BCUT2D eigenvalue weighted by molar-refractivity contribution is -0.136. The Kier molecular flexibility index (Phi) is 6.92. The average Bonchev–Trinajstić information content (AvgIpc) is 3.10. The summed E-state index contributed by atoms with van der Waals surface area (Å²) in [5, 5.41) is 0. The fraction of sp³-hybridized carbons (Fsp3) is 0.200. The van der Waals surface area contributed by atoms with Crippen molar-refractivity contribution < 1.29 is 23.8 Å². The number of para-hydroxylation sites is 1. The summed E-state index contributed by atoms with van der Waals surface area (Å²) in [5.41, 5.74) is 3.91. The molecule has 1 aromatic heterocycles. The van der Waals surface area contributed by atoms with E-state index in [1.54, 1.807) is 38.5 Å². The highest BCUT2D eigenvalue weighted by atomic mass is 16.5. The number of Topliss-reactive ketones (excluding diaryl/α,β-unsaturated/α-hetero) is 1. The molecule has 0 radical (unpaired) electrons. The molecule has 1 heterocycles. The number of hydrogen-bond acceptors (Lipinski definition) is 5. The number of ether oxygens (including phenoxy) is 3. The highest BCUT2D eigenvalue weighted by molar-refractivity contribution is 6.00. The Morgan fingerprint density at radius 1 is 0.968 bits per heavy atom. The summed E-state index contributed by atoms with van der Waals surface area (Å²) in [6, 6.07) is 16.9. The zero-order chi connectivity index (χ0) is 22.4. The number of ketones is 1. The molecular formula is C25H25NO5. The average molecular weight is 419 g/mol. The van der Waals surface area contributed by atoms with Gasteiger partial charge in [-0.15, -0.1) is 0 Å². The molecule has 0 aliphatic carbocycles. The van der Waals surface area contributed by atoms with E-state index >= 15 is 0 Å². The van der Waals surface area contributed by atoms with Crippen molar-refractivity contribution in [1.82, 2.24) is 4.57 Å². The standard InChI is InChI=1S/C25H25NO5/c1-17-14-22(18(2)26(17)20-8-6-5-7-9-20)23(27)16-31-25(28)13-10-19-15-21(29-3)11-12-24(19)30-4/h5-15H,16H2,1-4H3/b13-10+. The maximum Gasteiger partial charge on any atom is 0.331 e. The smallest absolute Gasteiger partial charge is 0.331 e. The Balaban J connectivity index is 1.68. The number of aromatic nitrogens is 1. The van der Waals surface area contributed by atoms with Gasteiger partial charge < -0.3 is 18.8 Å². The summed E-state index contributed by atoms with van der Waals surface area (Å²) < 4.78 is 17.6. The van der Waals surface area contributed by atoms with Gasteiger partial charge in [0, 0.05) is 34.3 Å². The molecule has 6 heteroatoms. The van der Waals surface area contributed by atoms with Gasteiger partial charge in [0.1, 0.15) is 11.5 Å². The third-order valence-electron chi connectivity index (χ3n) is 4.93. The highest BCUT2D eigenvalue weighted by Gasteiger charge is 2.17. The van der Waals surface area contributed by atoms with Crippen LogP contribution in [0.1, 0.15) is 27.3 Å². The van der Waals surface area contributed by atoms with Gasteiger partial charge in [0.25, 0.3) is 0 Å². The first-order chi connectivity index (χ1) is 14.9. The fourth-order valence-corrected chi connectivity index (χ4v) is 3.41. The minimum atomic E-state index is -0.616. The van der Waals surface area contributed by atoms with Gasteiger partial charge in [-0.25, -0.2) is 4.79 Å². The van der Waals surface area contributed by atoms with Crippen LogP contribution < -0.4 is 9.47 Å². The van der Waals surface area contributed by atoms with Crippen molar-refractivity contribution >= 4 is 17.8 Å². The van der Waals surface area contributed by atoms with E-state index in [4.69, 9.17) is 14.2 Å². The molecule has 31 heavy (non-hydrogen) atoms. The summed E-state index contributed by atoms with van der Waals surface area (Å²) in [7, 11) is 3.10. The Morgan fingerprint density at radius 2 is 1.71 bits per heavy atom. The summed E-state index contributed by atoms with van der Waals surface area (Å²) in [4.78, 5) is 24.8. The molecule has 0 atom stereocenters. The summed E-state index contributed by atoms with van der Waals surface area (Å²) >= 11 is 0. The summed E-state index contributed by atoms with van der Waals surface area (Å²) in [6.07, 6.45) is 2.83. The van der Waals surface area contributed by atoms with Crippen molar-refractivity contribution in [2.75, 3.05) is 20.8 Å². The Morgan fingerprint density at radius 3 is 2.39 bits per heavy atom. The van der Waals surface area contributed by atoms with Gasteiger partial charge in [-0.3, -0.25) is 4.79 Å². The second kappa shape index (κ2) is 9.80. The number of carbonyl (C=O) groups is 2. The quantitative estimate of drug-likeness (QED) is 0.304. The van der Waals surface area contributed by atoms with E-state index < -0.39 is 5.97 Å².